The molecule has 172 valence electrons. The highest BCUT2D eigenvalue weighted by molar-refractivity contribution is 5.96. The van der Waals surface area contributed by atoms with Crippen LogP contribution < -0.4 is 16.0 Å². The van der Waals surface area contributed by atoms with Gasteiger partial charge in [0.2, 0.25) is 5.78 Å². The van der Waals surface area contributed by atoms with Crippen LogP contribution in [-0.4, -0.2) is 44.4 Å². The topological polar surface area (TPSA) is 96.8 Å². The van der Waals surface area contributed by atoms with E-state index in [1.54, 1.807) is 55.6 Å². The van der Waals surface area contributed by atoms with Crippen molar-refractivity contribution in [3.63, 3.8) is 0 Å². The first-order chi connectivity index (χ1) is 15.9. The highest BCUT2D eigenvalue weighted by atomic mass is 16.5. The highest BCUT2D eigenvalue weighted by Gasteiger charge is 2.19. The number of benzene rings is 2. The summed E-state index contributed by atoms with van der Waals surface area (Å²) in [5.74, 6) is 0.566. The average molecular weight is 450 g/mol. The summed E-state index contributed by atoms with van der Waals surface area (Å²) in [5, 5.41) is 4.79. The van der Waals surface area contributed by atoms with E-state index < -0.39 is 5.69 Å². The van der Waals surface area contributed by atoms with Crippen molar-refractivity contribution in [1.29, 1.82) is 0 Å². The lowest BCUT2D eigenvalue weighted by atomic mass is 10.1. The number of aromatic nitrogens is 4. The number of nitrogens with zero attached hydrogens (tertiary/aromatic N) is 4. The molecule has 4 aromatic rings. The number of rotatable bonds is 9. The second-order valence-corrected chi connectivity index (χ2v) is 7.97. The number of ether oxygens (including phenoxy) is 2. The molecular formula is C24H26N4O5. The molecular weight excluding hydrogens is 424 g/mol. The Bertz CT molecular complexity index is 1410. The van der Waals surface area contributed by atoms with Gasteiger partial charge in [-0.2, -0.15) is 0 Å². The zero-order chi connectivity index (χ0) is 23.5. The van der Waals surface area contributed by atoms with Crippen LogP contribution in [0.5, 0.6) is 5.75 Å². The van der Waals surface area contributed by atoms with Crippen molar-refractivity contribution in [2.24, 2.45) is 0 Å². The van der Waals surface area contributed by atoms with E-state index in [4.69, 9.17) is 9.47 Å². The molecule has 0 aliphatic rings. The van der Waals surface area contributed by atoms with Gasteiger partial charge in [0.1, 0.15) is 12.3 Å². The highest BCUT2D eigenvalue weighted by Crippen LogP contribution is 2.14. The molecule has 0 unspecified atom stereocenters. The standard InChI is InChI=1S/C24H26N4O5/c1-16(2)33-14-6-13-26-22(30)19-7-4-5-8-20(19)28-23(26)25-27(24(28)31)15-21(29)17-9-11-18(32-3)12-10-17/h4-5,7-12,16H,6,13-15H2,1-3H3. The van der Waals surface area contributed by atoms with Gasteiger partial charge in [0.15, 0.2) is 5.78 Å². The first-order valence-corrected chi connectivity index (χ1v) is 10.8. The summed E-state index contributed by atoms with van der Waals surface area (Å²) in [7, 11) is 1.55. The fraction of sp³-hybridized carbons (Fsp3) is 0.333. The molecule has 33 heavy (non-hydrogen) atoms. The van der Waals surface area contributed by atoms with E-state index >= 15 is 0 Å². The van der Waals surface area contributed by atoms with E-state index in [1.807, 2.05) is 13.8 Å². The van der Waals surface area contributed by atoms with E-state index in [9.17, 15) is 14.4 Å². The van der Waals surface area contributed by atoms with E-state index in [-0.39, 0.29) is 29.8 Å². The number of Topliss-reactive ketones (excluding diaryl/α,β-unsaturated/α-hetero) is 1. The van der Waals surface area contributed by atoms with Gasteiger partial charge in [0.05, 0.1) is 24.1 Å². The number of ketones is 1. The molecule has 0 bridgehead atoms. The summed E-state index contributed by atoms with van der Waals surface area (Å²) in [5.41, 5.74) is 0.185. The van der Waals surface area contributed by atoms with Crippen molar-refractivity contribution >= 4 is 22.5 Å². The second-order valence-electron chi connectivity index (χ2n) is 7.97. The zero-order valence-electron chi connectivity index (χ0n) is 18.9. The molecule has 9 heteroatoms. The molecule has 0 N–H and O–H groups in total. The van der Waals surface area contributed by atoms with Gasteiger partial charge in [-0.25, -0.2) is 13.9 Å². The predicted molar refractivity (Wildman–Crippen MR) is 124 cm³/mol. The first kappa shape index (κ1) is 22.5. The Hall–Kier alpha value is -3.72. The third-order valence-corrected chi connectivity index (χ3v) is 5.37. The second kappa shape index (κ2) is 9.41. The molecule has 2 aromatic carbocycles. The van der Waals surface area contributed by atoms with E-state index in [2.05, 4.69) is 5.10 Å². The van der Waals surface area contributed by atoms with Gasteiger partial charge in [-0.15, -0.1) is 5.10 Å². The number of fused-ring (bicyclic) bond motifs is 3. The molecule has 9 nitrogen and oxygen atoms in total. The molecule has 0 amide bonds. The molecule has 0 saturated heterocycles. The normalized spacial score (nSPS) is 11.5. The number of hydrogen-bond donors (Lipinski definition) is 0. The Morgan fingerprint density at radius 3 is 2.48 bits per heavy atom. The molecule has 2 aromatic heterocycles. The summed E-state index contributed by atoms with van der Waals surface area (Å²) < 4.78 is 14.7. The summed E-state index contributed by atoms with van der Waals surface area (Å²) in [6.45, 7) is 4.46. The van der Waals surface area contributed by atoms with Crippen molar-refractivity contribution in [1.82, 2.24) is 18.7 Å². The van der Waals surface area contributed by atoms with Gasteiger partial charge in [-0.1, -0.05) is 12.1 Å². The van der Waals surface area contributed by atoms with Crippen molar-refractivity contribution in [2.45, 2.75) is 39.5 Å². The Morgan fingerprint density at radius 1 is 1.06 bits per heavy atom. The largest absolute Gasteiger partial charge is 0.497 e. The maximum absolute atomic E-state index is 13.2. The van der Waals surface area contributed by atoms with Crippen molar-refractivity contribution in [2.75, 3.05) is 13.7 Å². The van der Waals surface area contributed by atoms with Crippen LogP contribution in [0.3, 0.4) is 0 Å². The molecule has 0 aliphatic carbocycles. The molecule has 0 saturated carbocycles. The SMILES string of the molecule is COc1ccc(C(=O)Cn2nc3n(CCCOC(C)C)c(=O)c4ccccc4n3c2=O)cc1. The van der Waals surface area contributed by atoms with Gasteiger partial charge >= 0.3 is 5.69 Å². The van der Waals surface area contributed by atoms with E-state index in [0.717, 1.165) is 4.68 Å². The van der Waals surface area contributed by atoms with Crippen LogP contribution in [-0.2, 0) is 17.8 Å². The minimum Gasteiger partial charge on any atom is -0.497 e. The third kappa shape index (κ3) is 4.45. The van der Waals surface area contributed by atoms with Crippen molar-refractivity contribution in [3.8, 4) is 5.75 Å². The van der Waals surface area contributed by atoms with Gasteiger partial charge in [0, 0.05) is 18.7 Å². The number of hydrogen-bond acceptors (Lipinski definition) is 6. The fourth-order valence-corrected chi connectivity index (χ4v) is 3.72. The number of carbonyl (C=O) groups excluding carboxylic acids is 1. The molecule has 2 heterocycles. The molecule has 0 fully saturated rings. The molecule has 0 aliphatic heterocycles. The van der Waals surface area contributed by atoms with E-state index in [1.165, 1.54) is 8.97 Å². The Labute approximate surface area is 189 Å². The van der Waals surface area contributed by atoms with Crippen molar-refractivity contribution < 1.29 is 14.3 Å². The number of para-hydroxylation sites is 1. The lowest BCUT2D eigenvalue weighted by Crippen LogP contribution is -2.28. The summed E-state index contributed by atoms with van der Waals surface area (Å²) >= 11 is 0. The fourth-order valence-electron chi connectivity index (χ4n) is 3.72. The first-order valence-electron chi connectivity index (χ1n) is 10.8. The number of carbonyl (C=O) groups is 1. The van der Waals surface area contributed by atoms with Crippen molar-refractivity contribution in [3.05, 3.63) is 74.9 Å². The average Bonchev–Trinajstić information content (AvgIpc) is 3.14. The smallest absolute Gasteiger partial charge is 0.352 e. The maximum atomic E-state index is 13.2. The maximum Gasteiger partial charge on any atom is 0.352 e. The van der Waals surface area contributed by atoms with Crippen LogP contribution in [0.25, 0.3) is 16.7 Å². The van der Waals surface area contributed by atoms with Crippen LogP contribution in [0.2, 0.25) is 0 Å². The van der Waals surface area contributed by atoms with Crippen LogP contribution in [0.15, 0.2) is 58.1 Å². The molecule has 0 radical (unpaired) electrons. The number of aryl methyl sites for hydroxylation is 1. The van der Waals surface area contributed by atoms with Gasteiger partial charge in [0.25, 0.3) is 5.56 Å². The predicted octanol–water partition coefficient (Wildman–Crippen LogP) is 2.52. The van der Waals surface area contributed by atoms with E-state index in [0.29, 0.717) is 41.8 Å². The van der Waals surface area contributed by atoms with Crippen LogP contribution in [0.4, 0.5) is 0 Å². The molecule has 0 spiro atoms. The van der Waals surface area contributed by atoms with Crippen LogP contribution >= 0.6 is 0 Å². The Balaban J connectivity index is 1.76. The monoisotopic (exact) mass is 450 g/mol. The van der Waals surface area contributed by atoms with Gasteiger partial charge in [-0.3, -0.25) is 14.2 Å². The summed E-state index contributed by atoms with van der Waals surface area (Å²) in [6.07, 6.45) is 0.668. The van der Waals surface area contributed by atoms with Crippen LogP contribution in [0, 0.1) is 0 Å². The molecule has 0 atom stereocenters. The number of methoxy groups -OCH3 is 1. The van der Waals surface area contributed by atoms with Gasteiger partial charge < -0.3 is 9.47 Å². The van der Waals surface area contributed by atoms with Crippen LogP contribution in [0.1, 0.15) is 30.6 Å². The molecule has 4 rings (SSSR count). The third-order valence-electron chi connectivity index (χ3n) is 5.37. The minimum absolute atomic E-state index is 0.0872. The lowest BCUT2D eigenvalue weighted by Gasteiger charge is -2.11. The Morgan fingerprint density at radius 2 is 1.79 bits per heavy atom. The minimum atomic E-state index is -0.477. The quantitative estimate of drug-likeness (QED) is 0.287. The Kier molecular flexibility index (Phi) is 6.41. The lowest BCUT2D eigenvalue weighted by molar-refractivity contribution is 0.0748. The summed E-state index contributed by atoms with van der Waals surface area (Å²) in [6, 6.07) is 13.6. The zero-order valence-corrected chi connectivity index (χ0v) is 18.9. The van der Waals surface area contributed by atoms with Gasteiger partial charge in [-0.05, 0) is 56.7 Å². The summed E-state index contributed by atoms with van der Waals surface area (Å²) in [4.78, 5) is 39.2.